The van der Waals surface area contributed by atoms with Gasteiger partial charge in [0.2, 0.25) is 5.76 Å². The third-order valence-corrected chi connectivity index (χ3v) is 5.70. The number of amides is 1. The van der Waals surface area contributed by atoms with Crippen molar-refractivity contribution in [2.75, 3.05) is 18.5 Å². The number of aryl methyl sites for hydroxylation is 1. The van der Waals surface area contributed by atoms with Crippen LogP contribution in [0.25, 0.3) is 0 Å². The van der Waals surface area contributed by atoms with E-state index in [9.17, 15) is 14.4 Å². The van der Waals surface area contributed by atoms with Crippen LogP contribution in [0.2, 0.25) is 0 Å². The van der Waals surface area contributed by atoms with Crippen molar-refractivity contribution >= 4 is 23.5 Å². The number of para-hydroxylation sites is 2. The Morgan fingerprint density at radius 2 is 1.46 bits per heavy atom. The first-order valence-corrected chi connectivity index (χ1v) is 13.9. The number of hydrogen-bond acceptors (Lipinski definition) is 6. The number of rotatable bonds is 16. The van der Waals surface area contributed by atoms with Gasteiger partial charge in [-0.05, 0) is 54.5 Å². The lowest BCUT2D eigenvalue weighted by molar-refractivity contribution is -0.144. The fourth-order valence-corrected chi connectivity index (χ4v) is 3.57. The Morgan fingerprint density at radius 1 is 0.821 bits per heavy atom. The second kappa shape index (κ2) is 17.1. The number of esters is 2. The fourth-order valence-electron chi connectivity index (χ4n) is 3.57. The maximum absolute atomic E-state index is 13.0. The van der Waals surface area contributed by atoms with Crippen molar-refractivity contribution < 1.29 is 28.6 Å². The third kappa shape index (κ3) is 12.2. The molecular weight excluding hydrogens is 494 g/mol. The van der Waals surface area contributed by atoms with E-state index in [1.165, 1.54) is 31.2 Å². The molecule has 2 aromatic rings. The highest BCUT2D eigenvalue weighted by Gasteiger charge is 2.20. The Hall–Kier alpha value is -3.61. The topological polar surface area (TPSA) is 90.9 Å². The van der Waals surface area contributed by atoms with Crippen molar-refractivity contribution in [2.24, 2.45) is 11.8 Å². The third-order valence-electron chi connectivity index (χ3n) is 5.70. The quantitative estimate of drug-likeness (QED) is 0.106. The van der Waals surface area contributed by atoms with Gasteiger partial charge in [0.25, 0.3) is 5.91 Å². The van der Waals surface area contributed by atoms with Gasteiger partial charge >= 0.3 is 11.9 Å². The predicted molar refractivity (Wildman–Crippen MR) is 154 cm³/mol. The lowest BCUT2D eigenvalue weighted by Crippen LogP contribution is -2.19. The summed E-state index contributed by atoms with van der Waals surface area (Å²) in [5.41, 5.74) is 2.05. The van der Waals surface area contributed by atoms with Crippen LogP contribution >= 0.6 is 0 Å². The first-order valence-electron chi connectivity index (χ1n) is 13.9. The van der Waals surface area contributed by atoms with Gasteiger partial charge in [0.05, 0.1) is 25.0 Å². The van der Waals surface area contributed by atoms with Crippen molar-refractivity contribution in [3.8, 4) is 5.75 Å². The summed E-state index contributed by atoms with van der Waals surface area (Å²) in [5, 5.41) is 2.84. The molecule has 39 heavy (non-hydrogen) atoms. The first-order chi connectivity index (χ1) is 18.7. The molecule has 2 aromatic carbocycles. The van der Waals surface area contributed by atoms with Crippen LogP contribution in [0.1, 0.15) is 82.6 Å². The van der Waals surface area contributed by atoms with E-state index in [2.05, 4.69) is 12.2 Å². The molecule has 2 rings (SSSR count). The zero-order valence-electron chi connectivity index (χ0n) is 24.0. The summed E-state index contributed by atoms with van der Waals surface area (Å²) in [6, 6.07) is 14.3. The average molecular weight is 538 g/mol. The zero-order chi connectivity index (χ0) is 28.6. The Morgan fingerprint density at radius 3 is 2.13 bits per heavy atom. The summed E-state index contributed by atoms with van der Waals surface area (Å²) in [7, 11) is 0. The molecule has 212 valence electrons. The van der Waals surface area contributed by atoms with Gasteiger partial charge in [-0.2, -0.15) is 0 Å². The highest BCUT2D eigenvalue weighted by atomic mass is 16.6. The number of unbranched alkanes of at least 4 members (excludes halogenated alkanes) is 4. The van der Waals surface area contributed by atoms with Gasteiger partial charge in [0.15, 0.2) is 5.75 Å². The van der Waals surface area contributed by atoms with Gasteiger partial charge in [-0.25, -0.2) is 9.59 Å². The van der Waals surface area contributed by atoms with Gasteiger partial charge in [-0.3, -0.25) is 4.79 Å². The van der Waals surface area contributed by atoms with Crippen molar-refractivity contribution in [3.63, 3.8) is 0 Å². The number of carbonyl (C=O) groups is 3. The molecule has 0 heterocycles. The van der Waals surface area contributed by atoms with Crippen LogP contribution in [-0.4, -0.2) is 31.1 Å². The molecule has 0 saturated heterocycles. The molecule has 0 spiro atoms. The van der Waals surface area contributed by atoms with Crippen LogP contribution in [0.4, 0.5) is 5.69 Å². The van der Waals surface area contributed by atoms with E-state index in [1.54, 1.807) is 36.4 Å². The monoisotopic (exact) mass is 537 g/mol. The van der Waals surface area contributed by atoms with E-state index in [1.807, 2.05) is 39.8 Å². The smallest absolute Gasteiger partial charge is 0.374 e. The van der Waals surface area contributed by atoms with E-state index < -0.39 is 11.9 Å². The minimum absolute atomic E-state index is 0.0992. The second-order valence-electron chi connectivity index (χ2n) is 10.4. The van der Waals surface area contributed by atoms with Gasteiger partial charge in [-0.15, -0.1) is 0 Å². The summed E-state index contributed by atoms with van der Waals surface area (Å²) >= 11 is 0. The minimum atomic E-state index is -0.795. The van der Waals surface area contributed by atoms with Crippen LogP contribution in [-0.2, 0) is 25.5 Å². The Bertz CT molecular complexity index is 1090. The number of anilines is 1. The van der Waals surface area contributed by atoms with Gasteiger partial charge in [-0.1, -0.05) is 84.6 Å². The second-order valence-corrected chi connectivity index (χ2v) is 10.4. The molecule has 1 amide bonds. The molecule has 0 atom stereocenters. The van der Waals surface area contributed by atoms with Crippen LogP contribution in [0.3, 0.4) is 0 Å². The minimum Gasteiger partial charge on any atom is -0.462 e. The van der Waals surface area contributed by atoms with Crippen molar-refractivity contribution in [1.82, 2.24) is 0 Å². The number of hydrogen-bond donors (Lipinski definition) is 1. The van der Waals surface area contributed by atoms with Gasteiger partial charge in [0.1, 0.15) is 0 Å². The SMILES string of the molecule is CCCCCCCc1ccc(C(=O)Nc2ccccc2O/C(=C\C(=O)OCC(C)C)C(=O)OCC(C)C)cc1. The molecule has 0 aromatic heterocycles. The molecule has 0 aliphatic carbocycles. The molecule has 1 N–H and O–H groups in total. The molecule has 0 fully saturated rings. The van der Waals surface area contributed by atoms with E-state index in [0.717, 1.165) is 18.9 Å². The lowest BCUT2D eigenvalue weighted by Gasteiger charge is -2.15. The number of nitrogens with one attached hydrogen (secondary N) is 1. The van der Waals surface area contributed by atoms with Crippen molar-refractivity contribution in [3.05, 3.63) is 71.5 Å². The predicted octanol–water partition coefficient (Wildman–Crippen LogP) is 7.11. The van der Waals surface area contributed by atoms with E-state index in [-0.39, 0.29) is 42.5 Å². The summed E-state index contributed by atoms with van der Waals surface area (Å²) in [6.45, 7) is 10.2. The molecule has 0 aliphatic rings. The van der Waals surface area contributed by atoms with Crippen LogP contribution in [0.5, 0.6) is 5.75 Å². The van der Waals surface area contributed by atoms with Crippen molar-refractivity contribution in [1.29, 1.82) is 0 Å². The molecule has 0 saturated carbocycles. The molecule has 0 radical (unpaired) electrons. The molecule has 0 aliphatic heterocycles. The highest BCUT2D eigenvalue weighted by Crippen LogP contribution is 2.27. The van der Waals surface area contributed by atoms with Crippen LogP contribution in [0, 0.1) is 11.8 Å². The zero-order valence-corrected chi connectivity index (χ0v) is 24.0. The lowest BCUT2D eigenvalue weighted by atomic mass is 10.0. The number of ether oxygens (including phenoxy) is 3. The largest absolute Gasteiger partial charge is 0.462 e. The summed E-state index contributed by atoms with van der Waals surface area (Å²) < 4.78 is 16.3. The Kier molecular flexibility index (Phi) is 13.8. The van der Waals surface area contributed by atoms with Crippen molar-refractivity contribution in [2.45, 2.75) is 73.1 Å². The molecular formula is C32H43NO6. The normalized spacial score (nSPS) is 11.4. The highest BCUT2D eigenvalue weighted by molar-refractivity contribution is 6.05. The van der Waals surface area contributed by atoms with Crippen LogP contribution < -0.4 is 10.1 Å². The fraction of sp³-hybridized carbons (Fsp3) is 0.469. The summed E-state index contributed by atoms with van der Waals surface area (Å²) in [4.78, 5) is 38.0. The molecule has 7 heteroatoms. The number of carbonyl (C=O) groups excluding carboxylic acids is 3. The van der Waals surface area contributed by atoms with Crippen LogP contribution in [0.15, 0.2) is 60.4 Å². The van der Waals surface area contributed by atoms with E-state index in [0.29, 0.717) is 11.3 Å². The molecule has 0 unspecified atom stereocenters. The Labute approximate surface area is 232 Å². The Balaban J connectivity index is 2.13. The summed E-state index contributed by atoms with van der Waals surface area (Å²) in [5.74, 6) is -1.72. The first kappa shape index (κ1) is 31.6. The molecule has 7 nitrogen and oxygen atoms in total. The number of benzene rings is 2. The maximum atomic E-state index is 13.0. The molecule has 0 bridgehead atoms. The average Bonchev–Trinajstić information content (AvgIpc) is 2.91. The maximum Gasteiger partial charge on any atom is 0.374 e. The van der Waals surface area contributed by atoms with Gasteiger partial charge in [0, 0.05) is 5.56 Å². The standard InChI is InChI=1S/C32H43NO6/c1-6-7-8-9-10-13-25-16-18-26(19-17-25)31(35)33-27-14-11-12-15-28(27)39-29(32(36)38-22-24(4)5)20-30(34)37-21-23(2)3/h11-12,14-20,23-24H,6-10,13,21-22H2,1-5H3,(H,33,35)/b29-20-. The van der Waals surface area contributed by atoms with E-state index in [4.69, 9.17) is 14.2 Å². The van der Waals surface area contributed by atoms with Gasteiger partial charge < -0.3 is 19.5 Å². The van der Waals surface area contributed by atoms with E-state index >= 15 is 0 Å². The summed E-state index contributed by atoms with van der Waals surface area (Å²) in [6.07, 6.45) is 8.06.